The first-order valence-electron chi connectivity index (χ1n) is 5.49. The minimum atomic E-state index is 0.131. The molecule has 0 heterocycles. The van der Waals surface area contributed by atoms with E-state index in [0.29, 0.717) is 6.54 Å². The van der Waals surface area contributed by atoms with E-state index in [1.807, 2.05) is 30.9 Å². The van der Waals surface area contributed by atoms with Crippen molar-refractivity contribution in [2.24, 2.45) is 10.9 Å². The average Bonchev–Trinajstić information content (AvgIpc) is 2.31. The monoisotopic (exact) mass is 221 g/mol. The summed E-state index contributed by atoms with van der Waals surface area (Å²) in [5.74, 6) is 0.131. The van der Waals surface area contributed by atoms with Gasteiger partial charge in [-0.15, -0.1) is 0 Å². The standard InChI is InChI=1S/C12H19N3O/c1-4-10-8-6-7-9(3)11(10)15(5-2)12(13)14-16/h6-8,16H,4-5H2,1-3H3,(H2,13,14). The van der Waals surface area contributed by atoms with E-state index in [9.17, 15) is 0 Å². The van der Waals surface area contributed by atoms with E-state index in [2.05, 4.69) is 18.1 Å². The molecule has 4 nitrogen and oxygen atoms in total. The van der Waals surface area contributed by atoms with Crippen molar-refractivity contribution in [2.75, 3.05) is 11.4 Å². The van der Waals surface area contributed by atoms with Gasteiger partial charge < -0.3 is 15.8 Å². The van der Waals surface area contributed by atoms with E-state index >= 15 is 0 Å². The van der Waals surface area contributed by atoms with E-state index in [1.54, 1.807) is 0 Å². The number of benzene rings is 1. The number of nitrogens with two attached hydrogens (primary N) is 1. The van der Waals surface area contributed by atoms with Gasteiger partial charge in [0.1, 0.15) is 0 Å². The summed E-state index contributed by atoms with van der Waals surface area (Å²) in [6.07, 6.45) is 0.923. The number of guanidine groups is 1. The van der Waals surface area contributed by atoms with E-state index in [-0.39, 0.29) is 5.96 Å². The van der Waals surface area contributed by atoms with Crippen molar-refractivity contribution < 1.29 is 5.21 Å². The molecule has 88 valence electrons. The molecule has 0 aromatic heterocycles. The number of nitrogens with zero attached hydrogens (tertiary/aromatic N) is 2. The summed E-state index contributed by atoms with van der Waals surface area (Å²) in [5, 5.41) is 11.8. The first-order chi connectivity index (χ1) is 7.65. The van der Waals surface area contributed by atoms with E-state index in [0.717, 1.165) is 17.7 Å². The predicted octanol–water partition coefficient (Wildman–Crippen LogP) is 2.09. The number of hydrogen-bond donors (Lipinski definition) is 2. The molecule has 0 aliphatic carbocycles. The van der Waals surface area contributed by atoms with Gasteiger partial charge in [-0.25, -0.2) is 0 Å². The molecule has 0 aliphatic rings. The van der Waals surface area contributed by atoms with Gasteiger partial charge in [0.25, 0.3) is 0 Å². The summed E-state index contributed by atoms with van der Waals surface area (Å²) in [6, 6.07) is 6.12. The zero-order valence-corrected chi connectivity index (χ0v) is 10.1. The lowest BCUT2D eigenvalue weighted by molar-refractivity contribution is 0.317. The zero-order chi connectivity index (χ0) is 12.1. The SMILES string of the molecule is CCc1cccc(C)c1N(CC)/C(N)=N/O. The van der Waals surface area contributed by atoms with Crippen molar-refractivity contribution in [3.63, 3.8) is 0 Å². The van der Waals surface area contributed by atoms with Crippen molar-refractivity contribution in [3.05, 3.63) is 29.3 Å². The fraction of sp³-hybridized carbons (Fsp3) is 0.417. The molecule has 0 spiro atoms. The topological polar surface area (TPSA) is 61.8 Å². The number of aryl methyl sites for hydroxylation is 2. The van der Waals surface area contributed by atoms with Crippen LogP contribution in [0.15, 0.2) is 23.4 Å². The Balaban J connectivity index is 3.28. The van der Waals surface area contributed by atoms with Crippen LogP contribution in [0.25, 0.3) is 0 Å². The van der Waals surface area contributed by atoms with Gasteiger partial charge in [0.2, 0.25) is 5.96 Å². The summed E-state index contributed by atoms with van der Waals surface area (Å²) in [7, 11) is 0. The number of oxime groups is 1. The molecule has 0 aliphatic heterocycles. The van der Waals surface area contributed by atoms with Crippen LogP contribution in [0.1, 0.15) is 25.0 Å². The molecule has 0 fully saturated rings. The molecule has 3 N–H and O–H groups in total. The Kier molecular flexibility index (Phi) is 4.17. The number of para-hydroxylation sites is 1. The highest BCUT2D eigenvalue weighted by atomic mass is 16.4. The Morgan fingerprint density at radius 3 is 2.62 bits per heavy atom. The van der Waals surface area contributed by atoms with Crippen molar-refractivity contribution in [3.8, 4) is 0 Å². The highest BCUT2D eigenvalue weighted by Crippen LogP contribution is 2.25. The van der Waals surface area contributed by atoms with Gasteiger partial charge in [0.05, 0.1) is 0 Å². The average molecular weight is 221 g/mol. The summed E-state index contributed by atoms with van der Waals surface area (Å²) >= 11 is 0. The summed E-state index contributed by atoms with van der Waals surface area (Å²) < 4.78 is 0. The quantitative estimate of drug-likeness (QED) is 0.355. The second-order valence-electron chi connectivity index (χ2n) is 3.64. The third kappa shape index (κ3) is 2.27. The molecule has 1 aromatic rings. The molecule has 1 aromatic carbocycles. The minimum Gasteiger partial charge on any atom is -0.408 e. The van der Waals surface area contributed by atoms with Gasteiger partial charge in [-0.3, -0.25) is 0 Å². The Hall–Kier alpha value is -1.71. The zero-order valence-electron chi connectivity index (χ0n) is 10.1. The predicted molar refractivity (Wildman–Crippen MR) is 67.0 cm³/mol. The van der Waals surface area contributed by atoms with Crippen LogP contribution in [0, 0.1) is 6.92 Å². The number of anilines is 1. The van der Waals surface area contributed by atoms with Gasteiger partial charge in [-0.2, -0.15) is 0 Å². The fourth-order valence-corrected chi connectivity index (χ4v) is 1.88. The molecule has 16 heavy (non-hydrogen) atoms. The van der Waals surface area contributed by atoms with Crippen molar-refractivity contribution >= 4 is 11.6 Å². The van der Waals surface area contributed by atoms with Gasteiger partial charge in [0, 0.05) is 12.2 Å². The highest BCUT2D eigenvalue weighted by Gasteiger charge is 2.14. The van der Waals surface area contributed by atoms with E-state index in [1.165, 1.54) is 5.56 Å². The Bertz CT molecular complexity index is 388. The van der Waals surface area contributed by atoms with Crippen molar-refractivity contribution in [1.29, 1.82) is 0 Å². The Morgan fingerprint density at radius 2 is 2.12 bits per heavy atom. The molecular formula is C12H19N3O. The lowest BCUT2D eigenvalue weighted by Crippen LogP contribution is -2.38. The van der Waals surface area contributed by atoms with Crippen molar-refractivity contribution in [2.45, 2.75) is 27.2 Å². The van der Waals surface area contributed by atoms with Crippen molar-refractivity contribution in [1.82, 2.24) is 0 Å². The largest absolute Gasteiger partial charge is 0.408 e. The maximum absolute atomic E-state index is 8.77. The first kappa shape index (κ1) is 12.4. The molecule has 4 heteroatoms. The Labute approximate surface area is 96.4 Å². The lowest BCUT2D eigenvalue weighted by Gasteiger charge is -2.25. The molecular weight excluding hydrogens is 202 g/mol. The summed E-state index contributed by atoms with van der Waals surface area (Å²) in [5.41, 5.74) is 9.06. The third-order valence-corrected chi connectivity index (χ3v) is 2.67. The van der Waals surface area contributed by atoms with Crippen LogP contribution >= 0.6 is 0 Å². The fourth-order valence-electron chi connectivity index (χ4n) is 1.88. The molecule has 0 radical (unpaired) electrons. The van der Waals surface area contributed by atoms with Gasteiger partial charge in [-0.05, 0) is 31.4 Å². The summed E-state index contributed by atoms with van der Waals surface area (Å²) in [4.78, 5) is 1.81. The van der Waals surface area contributed by atoms with Crippen LogP contribution in [0.4, 0.5) is 5.69 Å². The van der Waals surface area contributed by atoms with Crippen LogP contribution < -0.4 is 10.6 Å². The number of hydrogen-bond acceptors (Lipinski definition) is 2. The molecule has 1 rings (SSSR count). The second kappa shape index (κ2) is 5.39. The lowest BCUT2D eigenvalue weighted by atomic mass is 10.0. The second-order valence-corrected chi connectivity index (χ2v) is 3.64. The van der Waals surface area contributed by atoms with Gasteiger partial charge >= 0.3 is 0 Å². The first-order valence-corrected chi connectivity index (χ1v) is 5.49. The third-order valence-electron chi connectivity index (χ3n) is 2.67. The van der Waals surface area contributed by atoms with Crippen LogP contribution in [0.3, 0.4) is 0 Å². The molecule has 0 saturated heterocycles. The van der Waals surface area contributed by atoms with Crippen LogP contribution in [0.2, 0.25) is 0 Å². The maximum Gasteiger partial charge on any atom is 0.237 e. The van der Waals surface area contributed by atoms with E-state index < -0.39 is 0 Å². The van der Waals surface area contributed by atoms with Crippen LogP contribution in [-0.4, -0.2) is 17.7 Å². The molecule has 0 atom stereocenters. The summed E-state index contributed by atoms with van der Waals surface area (Å²) in [6.45, 7) is 6.78. The Morgan fingerprint density at radius 1 is 1.44 bits per heavy atom. The number of rotatable bonds is 3. The smallest absolute Gasteiger partial charge is 0.237 e. The van der Waals surface area contributed by atoms with Crippen LogP contribution in [-0.2, 0) is 6.42 Å². The minimum absolute atomic E-state index is 0.131. The molecule has 0 bridgehead atoms. The molecule has 0 unspecified atom stereocenters. The van der Waals surface area contributed by atoms with Crippen LogP contribution in [0.5, 0.6) is 0 Å². The maximum atomic E-state index is 8.77. The van der Waals surface area contributed by atoms with Gasteiger partial charge in [0.15, 0.2) is 0 Å². The molecule has 0 saturated carbocycles. The highest BCUT2D eigenvalue weighted by molar-refractivity contribution is 5.95. The van der Waals surface area contributed by atoms with Gasteiger partial charge in [-0.1, -0.05) is 30.3 Å². The van der Waals surface area contributed by atoms with E-state index in [4.69, 9.17) is 10.9 Å². The normalized spacial score (nSPS) is 11.6. The molecule has 0 amide bonds.